The van der Waals surface area contributed by atoms with Gasteiger partial charge in [-0.05, 0) is 18.2 Å². The van der Waals surface area contributed by atoms with Crippen molar-refractivity contribution in [3.8, 4) is 11.8 Å². The van der Waals surface area contributed by atoms with Crippen LogP contribution >= 0.6 is 0 Å². The van der Waals surface area contributed by atoms with Crippen LogP contribution in [0, 0.1) is 11.8 Å². The first kappa shape index (κ1) is 10.9. The number of carbonyl (C=O) groups is 1. The molecule has 0 atom stereocenters. The summed E-state index contributed by atoms with van der Waals surface area (Å²) < 4.78 is 0. The number of aromatic nitrogens is 2. The molecule has 0 saturated heterocycles. The minimum absolute atomic E-state index is 0.182. The van der Waals surface area contributed by atoms with Crippen molar-refractivity contribution in [2.24, 2.45) is 0 Å². The highest BCUT2D eigenvalue weighted by molar-refractivity contribution is 5.88. The van der Waals surface area contributed by atoms with Gasteiger partial charge >= 0.3 is 5.97 Å². The number of anilines is 1. The fraction of sp³-hybridized carbons (Fsp3) is 0.0833. The molecule has 1 aromatic heterocycles. The van der Waals surface area contributed by atoms with Crippen molar-refractivity contribution >= 4 is 22.7 Å². The van der Waals surface area contributed by atoms with Crippen LogP contribution in [-0.4, -0.2) is 21.0 Å². The Hall–Kier alpha value is -2.61. The van der Waals surface area contributed by atoms with Crippen LogP contribution < -0.4 is 5.73 Å². The molecule has 84 valence electrons. The number of rotatable bonds is 1. The summed E-state index contributed by atoms with van der Waals surface area (Å²) in [5, 5.41) is 9.18. The van der Waals surface area contributed by atoms with Gasteiger partial charge in [-0.1, -0.05) is 11.8 Å². The average Bonchev–Trinajstić information content (AvgIpc) is 2.30. The predicted octanol–water partition coefficient (Wildman–Crippen LogP) is 1.04. The van der Waals surface area contributed by atoms with Gasteiger partial charge in [0.25, 0.3) is 0 Å². The molecule has 1 aromatic carbocycles. The summed E-state index contributed by atoms with van der Waals surface area (Å²) >= 11 is 0. The van der Waals surface area contributed by atoms with Crippen molar-refractivity contribution < 1.29 is 9.90 Å². The molecule has 0 aliphatic rings. The zero-order chi connectivity index (χ0) is 12.3. The summed E-state index contributed by atoms with van der Waals surface area (Å²) in [5.41, 5.74) is 7.14. The number of nitrogens with zero attached hydrogens (tertiary/aromatic N) is 2. The number of fused-ring (bicyclic) bond motifs is 1. The number of aliphatic carboxylic acids is 1. The third kappa shape index (κ3) is 2.49. The molecule has 0 amide bonds. The topological polar surface area (TPSA) is 89.1 Å². The highest BCUT2D eigenvalue weighted by Gasteiger charge is 2.00. The van der Waals surface area contributed by atoms with Crippen molar-refractivity contribution in [3.63, 3.8) is 0 Å². The number of carboxylic acids is 1. The summed E-state index contributed by atoms with van der Waals surface area (Å²) in [6, 6.07) is 5.29. The standard InChI is InChI=1S/C12H9N3O2/c13-12-9-6-8(2-1-3-11(16)17)4-5-10(9)14-7-15-12/h4-7H,3H2,(H,16,17)(H2,13,14,15). The predicted molar refractivity (Wildman–Crippen MR) is 63.1 cm³/mol. The summed E-state index contributed by atoms with van der Waals surface area (Å²) in [6.45, 7) is 0. The number of nitrogen functional groups attached to an aromatic ring is 1. The summed E-state index contributed by atoms with van der Waals surface area (Å²) in [5.74, 6) is 4.75. The molecule has 0 unspecified atom stereocenters. The molecule has 0 aliphatic carbocycles. The minimum atomic E-state index is -0.943. The van der Waals surface area contributed by atoms with Crippen LogP contribution in [0.15, 0.2) is 24.5 Å². The highest BCUT2D eigenvalue weighted by atomic mass is 16.4. The molecule has 0 fully saturated rings. The number of hydrogen-bond acceptors (Lipinski definition) is 4. The highest BCUT2D eigenvalue weighted by Crippen LogP contribution is 2.17. The molecule has 5 nitrogen and oxygen atoms in total. The van der Waals surface area contributed by atoms with Gasteiger partial charge in [-0.2, -0.15) is 0 Å². The van der Waals surface area contributed by atoms with Gasteiger partial charge in [0.2, 0.25) is 0 Å². The first-order valence-electron chi connectivity index (χ1n) is 4.88. The van der Waals surface area contributed by atoms with Gasteiger partial charge in [0, 0.05) is 10.9 Å². The largest absolute Gasteiger partial charge is 0.481 e. The van der Waals surface area contributed by atoms with Crippen LogP contribution in [0.25, 0.3) is 10.9 Å². The maximum Gasteiger partial charge on any atom is 0.315 e. The van der Waals surface area contributed by atoms with E-state index in [1.54, 1.807) is 18.2 Å². The Balaban J connectivity index is 2.40. The molecule has 0 aliphatic heterocycles. The van der Waals surface area contributed by atoms with Crippen molar-refractivity contribution in [1.29, 1.82) is 0 Å². The lowest BCUT2D eigenvalue weighted by Gasteiger charge is -1.99. The zero-order valence-electron chi connectivity index (χ0n) is 8.84. The van der Waals surface area contributed by atoms with Gasteiger partial charge in [0.05, 0.1) is 5.52 Å². The number of hydrogen-bond donors (Lipinski definition) is 2. The molecule has 1 heterocycles. The van der Waals surface area contributed by atoms with Gasteiger partial charge < -0.3 is 10.8 Å². The maximum absolute atomic E-state index is 10.3. The molecule has 3 N–H and O–H groups in total. The Morgan fingerprint density at radius 3 is 3.00 bits per heavy atom. The van der Waals surface area contributed by atoms with E-state index in [-0.39, 0.29) is 6.42 Å². The Morgan fingerprint density at radius 2 is 2.24 bits per heavy atom. The Bertz CT molecular complexity index is 641. The molecular formula is C12H9N3O2. The van der Waals surface area contributed by atoms with E-state index >= 15 is 0 Å². The quantitative estimate of drug-likeness (QED) is 0.710. The normalized spacial score (nSPS) is 9.65. The SMILES string of the molecule is Nc1ncnc2ccc(C#CCC(=O)O)cc12. The Labute approximate surface area is 97.3 Å². The second kappa shape index (κ2) is 4.49. The first-order valence-corrected chi connectivity index (χ1v) is 4.88. The maximum atomic E-state index is 10.3. The minimum Gasteiger partial charge on any atom is -0.481 e. The fourth-order valence-electron chi connectivity index (χ4n) is 1.38. The van der Waals surface area contributed by atoms with Crippen LogP contribution in [0.4, 0.5) is 5.82 Å². The van der Waals surface area contributed by atoms with Gasteiger partial charge in [-0.15, -0.1) is 0 Å². The third-order valence-corrected chi connectivity index (χ3v) is 2.14. The van der Waals surface area contributed by atoms with Gasteiger partial charge in [0.1, 0.15) is 18.6 Å². The number of benzene rings is 1. The van der Waals surface area contributed by atoms with Crippen LogP contribution in [-0.2, 0) is 4.79 Å². The average molecular weight is 227 g/mol. The lowest BCUT2D eigenvalue weighted by Crippen LogP contribution is -1.93. The smallest absolute Gasteiger partial charge is 0.315 e. The van der Waals surface area contributed by atoms with Crippen LogP contribution in [0.5, 0.6) is 0 Å². The van der Waals surface area contributed by atoms with Crippen molar-refractivity contribution in [3.05, 3.63) is 30.1 Å². The van der Waals surface area contributed by atoms with Crippen molar-refractivity contribution in [1.82, 2.24) is 9.97 Å². The molecule has 0 saturated carbocycles. The van der Waals surface area contributed by atoms with Crippen LogP contribution in [0.3, 0.4) is 0 Å². The van der Waals surface area contributed by atoms with E-state index in [0.29, 0.717) is 11.4 Å². The summed E-state index contributed by atoms with van der Waals surface area (Å²) in [7, 11) is 0. The van der Waals surface area contributed by atoms with E-state index in [0.717, 1.165) is 10.9 Å². The van der Waals surface area contributed by atoms with Gasteiger partial charge in [-0.3, -0.25) is 4.79 Å². The van der Waals surface area contributed by atoms with Gasteiger partial charge in [0.15, 0.2) is 0 Å². The van der Waals surface area contributed by atoms with Crippen molar-refractivity contribution in [2.45, 2.75) is 6.42 Å². The molecule has 2 aromatic rings. The second-order valence-electron chi connectivity index (χ2n) is 3.36. The molecule has 2 rings (SSSR count). The zero-order valence-corrected chi connectivity index (χ0v) is 8.84. The number of nitrogens with two attached hydrogens (primary N) is 1. The molecule has 17 heavy (non-hydrogen) atoms. The summed E-state index contributed by atoms with van der Waals surface area (Å²) in [4.78, 5) is 18.3. The van der Waals surface area contributed by atoms with E-state index in [9.17, 15) is 4.79 Å². The third-order valence-electron chi connectivity index (χ3n) is 2.14. The lowest BCUT2D eigenvalue weighted by molar-refractivity contribution is -0.135. The Morgan fingerprint density at radius 1 is 1.41 bits per heavy atom. The van der Waals surface area contributed by atoms with Gasteiger partial charge in [-0.25, -0.2) is 9.97 Å². The van der Waals surface area contributed by atoms with E-state index < -0.39 is 5.97 Å². The number of carboxylic acid groups (broad SMARTS) is 1. The van der Waals surface area contributed by atoms with E-state index in [4.69, 9.17) is 10.8 Å². The van der Waals surface area contributed by atoms with E-state index in [1.807, 2.05) is 0 Å². The monoisotopic (exact) mass is 227 g/mol. The van der Waals surface area contributed by atoms with Crippen LogP contribution in [0.1, 0.15) is 12.0 Å². The molecule has 0 radical (unpaired) electrons. The molecule has 0 bridgehead atoms. The lowest BCUT2D eigenvalue weighted by atomic mass is 10.1. The molecule has 5 heteroatoms. The Kier molecular flexibility index (Phi) is 2.88. The first-order chi connectivity index (χ1) is 8.16. The summed E-state index contributed by atoms with van der Waals surface area (Å²) in [6.07, 6.45) is 1.21. The molecular weight excluding hydrogens is 218 g/mol. The molecule has 0 spiro atoms. The second-order valence-corrected chi connectivity index (χ2v) is 3.36. The van der Waals surface area contributed by atoms with Crippen LogP contribution in [0.2, 0.25) is 0 Å². The fourth-order valence-corrected chi connectivity index (χ4v) is 1.38. The van der Waals surface area contributed by atoms with E-state index in [2.05, 4.69) is 21.8 Å². The van der Waals surface area contributed by atoms with Crippen molar-refractivity contribution in [2.75, 3.05) is 5.73 Å². The van der Waals surface area contributed by atoms with E-state index in [1.165, 1.54) is 6.33 Å².